The fraction of sp³-hybridized carbons (Fsp3) is 0. The molecule has 4 heteroatoms. The van der Waals surface area contributed by atoms with Crippen LogP contribution in [0, 0.1) is 3.57 Å². The normalized spacial score (nSPS) is 10.0. The first kappa shape index (κ1) is 10.7. The van der Waals surface area contributed by atoms with E-state index < -0.39 is 0 Å². The first-order chi connectivity index (χ1) is 7.27. The molecule has 0 aliphatic carbocycles. The van der Waals surface area contributed by atoms with Crippen LogP contribution in [0.1, 0.15) is 0 Å². The molecule has 2 aromatic rings. The standard InChI is InChI=1S/C11H8ClIN2/c12-9-6-7-14-11(10(9)13)15-8-4-2-1-3-5-8/h1-7H,(H,14,15). The molecule has 0 bridgehead atoms. The molecular formula is C11H8ClIN2. The van der Waals surface area contributed by atoms with E-state index in [0.29, 0.717) is 5.02 Å². The van der Waals surface area contributed by atoms with E-state index in [1.165, 1.54) is 0 Å². The van der Waals surface area contributed by atoms with Crippen molar-refractivity contribution in [2.45, 2.75) is 0 Å². The Morgan fingerprint density at radius 2 is 1.87 bits per heavy atom. The molecule has 0 spiro atoms. The SMILES string of the molecule is Clc1ccnc(Nc2ccccc2)c1I. The minimum absolute atomic E-state index is 0.712. The summed E-state index contributed by atoms with van der Waals surface area (Å²) in [6.45, 7) is 0. The molecular weight excluding hydrogens is 322 g/mol. The second-order valence-corrected chi connectivity index (χ2v) is 4.43. The molecule has 0 saturated heterocycles. The van der Waals surface area contributed by atoms with Crippen molar-refractivity contribution in [1.29, 1.82) is 0 Å². The molecule has 0 fully saturated rings. The third-order valence-electron chi connectivity index (χ3n) is 1.88. The van der Waals surface area contributed by atoms with Gasteiger partial charge in [-0.3, -0.25) is 0 Å². The van der Waals surface area contributed by atoms with Crippen molar-refractivity contribution in [2.75, 3.05) is 5.32 Å². The van der Waals surface area contributed by atoms with Crippen molar-refractivity contribution in [2.24, 2.45) is 0 Å². The van der Waals surface area contributed by atoms with Gasteiger partial charge in [-0.1, -0.05) is 29.8 Å². The van der Waals surface area contributed by atoms with Crippen LogP contribution in [0.15, 0.2) is 42.6 Å². The van der Waals surface area contributed by atoms with Crippen LogP contribution in [0.25, 0.3) is 0 Å². The molecule has 0 atom stereocenters. The average molecular weight is 331 g/mol. The monoisotopic (exact) mass is 330 g/mol. The number of halogens is 2. The maximum absolute atomic E-state index is 5.99. The van der Waals surface area contributed by atoms with Gasteiger partial charge in [0.15, 0.2) is 0 Å². The van der Waals surface area contributed by atoms with Crippen molar-refractivity contribution in [1.82, 2.24) is 4.98 Å². The van der Waals surface area contributed by atoms with Crippen LogP contribution >= 0.6 is 34.2 Å². The molecule has 1 aromatic heterocycles. The Balaban J connectivity index is 2.29. The van der Waals surface area contributed by atoms with Gasteiger partial charge in [0.2, 0.25) is 0 Å². The number of aromatic nitrogens is 1. The third kappa shape index (κ3) is 2.60. The Morgan fingerprint density at radius 1 is 1.13 bits per heavy atom. The molecule has 1 aromatic carbocycles. The fourth-order valence-electron chi connectivity index (χ4n) is 1.17. The molecule has 0 radical (unpaired) electrons. The van der Waals surface area contributed by atoms with Gasteiger partial charge >= 0.3 is 0 Å². The lowest BCUT2D eigenvalue weighted by Gasteiger charge is -2.07. The summed E-state index contributed by atoms with van der Waals surface area (Å²) in [5, 5.41) is 3.92. The highest BCUT2D eigenvalue weighted by molar-refractivity contribution is 14.1. The summed E-state index contributed by atoms with van der Waals surface area (Å²) in [6.07, 6.45) is 1.69. The molecule has 15 heavy (non-hydrogen) atoms. The highest BCUT2D eigenvalue weighted by atomic mass is 127. The number of nitrogens with zero attached hydrogens (tertiary/aromatic N) is 1. The quantitative estimate of drug-likeness (QED) is 0.839. The molecule has 0 saturated carbocycles. The van der Waals surface area contributed by atoms with Gasteiger partial charge in [-0.05, 0) is 40.8 Å². The highest BCUT2D eigenvalue weighted by Gasteiger charge is 2.04. The Hall–Kier alpha value is -0.810. The van der Waals surface area contributed by atoms with Gasteiger partial charge in [-0.25, -0.2) is 4.98 Å². The van der Waals surface area contributed by atoms with E-state index in [1.807, 2.05) is 30.3 Å². The predicted molar refractivity (Wildman–Crippen MR) is 71.7 cm³/mol. The second kappa shape index (κ2) is 4.81. The minimum Gasteiger partial charge on any atom is -0.339 e. The van der Waals surface area contributed by atoms with E-state index in [-0.39, 0.29) is 0 Å². The van der Waals surface area contributed by atoms with E-state index in [2.05, 4.69) is 32.9 Å². The van der Waals surface area contributed by atoms with Gasteiger partial charge < -0.3 is 5.32 Å². The van der Waals surface area contributed by atoms with E-state index in [9.17, 15) is 0 Å². The van der Waals surface area contributed by atoms with Gasteiger partial charge in [0.05, 0.1) is 8.59 Å². The van der Waals surface area contributed by atoms with Crippen LogP contribution in [0.4, 0.5) is 11.5 Å². The zero-order valence-corrected chi connectivity index (χ0v) is 10.7. The largest absolute Gasteiger partial charge is 0.339 e. The lowest BCUT2D eigenvalue weighted by Crippen LogP contribution is -1.95. The van der Waals surface area contributed by atoms with Crippen molar-refractivity contribution in [3.05, 3.63) is 51.2 Å². The van der Waals surface area contributed by atoms with Gasteiger partial charge in [0, 0.05) is 11.9 Å². The van der Waals surface area contributed by atoms with Gasteiger partial charge in [-0.15, -0.1) is 0 Å². The first-order valence-electron chi connectivity index (χ1n) is 4.39. The van der Waals surface area contributed by atoms with Crippen molar-refractivity contribution < 1.29 is 0 Å². The maximum atomic E-state index is 5.99. The summed E-state index contributed by atoms with van der Waals surface area (Å²) in [5.41, 5.74) is 1.00. The topological polar surface area (TPSA) is 24.9 Å². The Labute approximate surface area is 107 Å². The number of benzene rings is 1. The van der Waals surface area contributed by atoms with Crippen LogP contribution < -0.4 is 5.32 Å². The number of hydrogen-bond donors (Lipinski definition) is 1. The van der Waals surface area contributed by atoms with Crippen molar-refractivity contribution >= 4 is 45.7 Å². The molecule has 2 rings (SSSR count). The first-order valence-corrected chi connectivity index (χ1v) is 5.85. The minimum atomic E-state index is 0.712. The summed E-state index contributed by atoms with van der Waals surface area (Å²) in [6, 6.07) is 11.7. The van der Waals surface area contributed by atoms with Gasteiger partial charge in [0.25, 0.3) is 0 Å². The summed E-state index contributed by atoms with van der Waals surface area (Å²) < 4.78 is 0.931. The molecule has 0 aliphatic rings. The molecule has 0 amide bonds. The van der Waals surface area contributed by atoms with Crippen molar-refractivity contribution in [3.8, 4) is 0 Å². The number of rotatable bonds is 2. The Morgan fingerprint density at radius 3 is 2.60 bits per heavy atom. The maximum Gasteiger partial charge on any atom is 0.145 e. The molecule has 2 nitrogen and oxygen atoms in total. The van der Waals surface area contributed by atoms with Crippen LogP contribution in [0.5, 0.6) is 0 Å². The van der Waals surface area contributed by atoms with Crippen LogP contribution in [-0.2, 0) is 0 Å². The van der Waals surface area contributed by atoms with E-state index >= 15 is 0 Å². The molecule has 1 heterocycles. The summed E-state index contributed by atoms with van der Waals surface area (Å²) in [7, 11) is 0. The number of anilines is 2. The Bertz CT molecular complexity index is 459. The van der Waals surface area contributed by atoms with Crippen molar-refractivity contribution in [3.63, 3.8) is 0 Å². The van der Waals surface area contributed by atoms with Crippen LogP contribution in [0.3, 0.4) is 0 Å². The van der Waals surface area contributed by atoms with Crippen LogP contribution in [-0.4, -0.2) is 4.98 Å². The zero-order valence-electron chi connectivity index (χ0n) is 7.74. The Kier molecular flexibility index (Phi) is 3.43. The van der Waals surface area contributed by atoms with E-state index in [1.54, 1.807) is 12.3 Å². The molecule has 1 N–H and O–H groups in total. The number of pyridine rings is 1. The van der Waals surface area contributed by atoms with Gasteiger partial charge in [-0.2, -0.15) is 0 Å². The van der Waals surface area contributed by atoms with E-state index in [4.69, 9.17) is 11.6 Å². The molecule has 0 aliphatic heterocycles. The molecule has 76 valence electrons. The second-order valence-electron chi connectivity index (χ2n) is 2.95. The van der Waals surface area contributed by atoms with Crippen LogP contribution in [0.2, 0.25) is 5.02 Å². The number of para-hydroxylation sites is 1. The van der Waals surface area contributed by atoms with Gasteiger partial charge in [0.1, 0.15) is 5.82 Å². The molecule has 0 unspecified atom stereocenters. The number of hydrogen-bond acceptors (Lipinski definition) is 2. The fourth-order valence-corrected chi connectivity index (χ4v) is 1.77. The lowest BCUT2D eigenvalue weighted by atomic mass is 10.3. The predicted octanol–water partition coefficient (Wildman–Crippen LogP) is 4.08. The van der Waals surface area contributed by atoms with E-state index in [0.717, 1.165) is 15.1 Å². The summed E-state index contributed by atoms with van der Waals surface area (Å²) in [4.78, 5) is 4.23. The summed E-state index contributed by atoms with van der Waals surface area (Å²) in [5.74, 6) is 0.786. The lowest BCUT2D eigenvalue weighted by molar-refractivity contribution is 1.29. The highest BCUT2D eigenvalue weighted by Crippen LogP contribution is 2.26. The third-order valence-corrected chi connectivity index (χ3v) is 3.60. The zero-order chi connectivity index (χ0) is 10.7. The average Bonchev–Trinajstić information content (AvgIpc) is 2.26. The smallest absolute Gasteiger partial charge is 0.145 e. The number of nitrogens with one attached hydrogen (secondary N) is 1. The summed E-state index contributed by atoms with van der Waals surface area (Å²) >= 11 is 8.17.